The Hall–Kier alpha value is -1.88. The minimum atomic E-state index is -0.613. The third kappa shape index (κ3) is 2.01. The van der Waals surface area contributed by atoms with Gasteiger partial charge in [-0.25, -0.2) is 4.90 Å². The van der Waals surface area contributed by atoms with Gasteiger partial charge in [-0.2, -0.15) is 0 Å². The smallest absolute Gasteiger partial charge is 0.250 e. The number of anilines is 1. The number of nitrogens with zero attached hydrogens (tertiary/aromatic N) is 1. The van der Waals surface area contributed by atoms with Crippen LogP contribution in [0, 0.1) is 0 Å². The molecule has 1 aliphatic heterocycles. The Kier molecular flexibility index (Phi) is 3.10. The standard InChI is InChI=1S/C12H14N2O3/c1-17-10-5-3-2-4-9(10)14-11(15)7-6-8(13)12(14)16/h2-5,8H,6-7,13H2,1H3/t8-/m0/s1. The van der Waals surface area contributed by atoms with E-state index in [4.69, 9.17) is 10.5 Å². The lowest BCUT2D eigenvalue weighted by atomic mass is 10.0. The average molecular weight is 234 g/mol. The lowest BCUT2D eigenvalue weighted by Crippen LogP contribution is -2.51. The molecule has 5 nitrogen and oxygen atoms in total. The van der Waals surface area contributed by atoms with Crippen molar-refractivity contribution in [3.63, 3.8) is 0 Å². The molecule has 1 aliphatic rings. The Morgan fingerprint density at radius 1 is 1.35 bits per heavy atom. The summed E-state index contributed by atoms with van der Waals surface area (Å²) in [6.07, 6.45) is 0.689. The van der Waals surface area contributed by atoms with Crippen LogP contribution in [0.25, 0.3) is 0 Å². The van der Waals surface area contributed by atoms with Crippen LogP contribution in [0.2, 0.25) is 0 Å². The van der Waals surface area contributed by atoms with Gasteiger partial charge in [0.05, 0.1) is 18.8 Å². The Bertz CT molecular complexity index is 459. The van der Waals surface area contributed by atoms with Gasteiger partial charge in [0.2, 0.25) is 5.91 Å². The van der Waals surface area contributed by atoms with Gasteiger partial charge in [-0.05, 0) is 18.6 Å². The second-order valence-corrected chi connectivity index (χ2v) is 3.88. The molecule has 0 unspecified atom stereocenters. The van der Waals surface area contributed by atoms with Crippen LogP contribution in [0.1, 0.15) is 12.8 Å². The number of hydrogen-bond donors (Lipinski definition) is 1. The SMILES string of the molecule is COc1ccccc1N1C(=O)CC[C@H](N)C1=O. The summed E-state index contributed by atoms with van der Waals surface area (Å²) < 4.78 is 5.14. The minimum absolute atomic E-state index is 0.235. The van der Waals surface area contributed by atoms with Gasteiger partial charge in [0, 0.05) is 6.42 Å². The van der Waals surface area contributed by atoms with E-state index in [0.717, 1.165) is 4.90 Å². The van der Waals surface area contributed by atoms with Crippen LogP contribution in [0.5, 0.6) is 5.75 Å². The Labute approximate surface area is 99.2 Å². The van der Waals surface area contributed by atoms with Gasteiger partial charge < -0.3 is 10.5 Å². The highest BCUT2D eigenvalue weighted by Gasteiger charge is 2.34. The Balaban J connectivity index is 2.43. The van der Waals surface area contributed by atoms with E-state index in [1.165, 1.54) is 7.11 Å². The number of carbonyl (C=O) groups is 2. The maximum atomic E-state index is 11.9. The van der Waals surface area contributed by atoms with E-state index in [2.05, 4.69) is 0 Å². The molecular weight excluding hydrogens is 220 g/mol. The average Bonchev–Trinajstić information content (AvgIpc) is 2.35. The third-order valence-corrected chi connectivity index (χ3v) is 2.78. The van der Waals surface area contributed by atoms with Gasteiger partial charge in [0.15, 0.2) is 0 Å². The zero-order valence-corrected chi connectivity index (χ0v) is 9.55. The Morgan fingerprint density at radius 2 is 2.06 bits per heavy atom. The van der Waals surface area contributed by atoms with Crippen molar-refractivity contribution in [1.82, 2.24) is 0 Å². The van der Waals surface area contributed by atoms with Crippen molar-refractivity contribution in [2.24, 2.45) is 5.73 Å². The van der Waals surface area contributed by atoms with Crippen molar-refractivity contribution >= 4 is 17.5 Å². The lowest BCUT2D eigenvalue weighted by Gasteiger charge is -2.29. The lowest BCUT2D eigenvalue weighted by molar-refractivity contribution is -0.130. The quantitative estimate of drug-likeness (QED) is 0.763. The minimum Gasteiger partial charge on any atom is -0.495 e. The van der Waals surface area contributed by atoms with Gasteiger partial charge >= 0.3 is 0 Å². The third-order valence-electron chi connectivity index (χ3n) is 2.78. The van der Waals surface area contributed by atoms with E-state index < -0.39 is 6.04 Å². The molecule has 90 valence electrons. The first-order valence-corrected chi connectivity index (χ1v) is 5.40. The van der Waals surface area contributed by atoms with Crippen LogP contribution < -0.4 is 15.4 Å². The fourth-order valence-electron chi connectivity index (χ4n) is 1.87. The highest BCUT2D eigenvalue weighted by molar-refractivity contribution is 6.19. The van der Waals surface area contributed by atoms with Crippen LogP contribution in [0.4, 0.5) is 5.69 Å². The topological polar surface area (TPSA) is 72.6 Å². The van der Waals surface area contributed by atoms with Gasteiger partial charge in [-0.3, -0.25) is 9.59 Å². The number of amides is 2. The summed E-state index contributed by atoms with van der Waals surface area (Å²) in [6, 6.07) is 6.29. The molecule has 0 aromatic heterocycles. The number of nitrogens with two attached hydrogens (primary N) is 1. The zero-order valence-electron chi connectivity index (χ0n) is 9.55. The summed E-state index contributed by atoms with van der Waals surface area (Å²) in [5.74, 6) is -0.116. The van der Waals surface area contributed by atoms with Crippen molar-refractivity contribution in [1.29, 1.82) is 0 Å². The van der Waals surface area contributed by atoms with E-state index in [-0.39, 0.29) is 18.2 Å². The largest absolute Gasteiger partial charge is 0.495 e. The summed E-state index contributed by atoms with van der Waals surface area (Å²) in [5.41, 5.74) is 6.13. The van der Waals surface area contributed by atoms with Crippen LogP contribution in [-0.4, -0.2) is 25.0 Å². The normalized spacial score (nSPS) is 20.6. The number of methoxy groups -OCH3 is 1. The molecule has 0 radical (unpaired) electrons. The van der Waals surface area contributed by atoms with Crippen LogP contribution in [-0.2, 0) is 9.59 Å². The first kappa shape index (κ1) is 11.6. The van der Waals surface area contributed by atoms with Crippen molar-refractivity contribution in [2.75, 3.05) is 12.0 Å². The monoisotopic (exact) mass is 234 g/mol. The van der Waals surface area contributed by atoms with Crippen LogP contribution in [0.3, 0.4) is 0 Å². The van der Waals surface area contributed by atoms with E-state index in [9.17, 15) is 9.59 Å². The predicted molar refractivity (Wildman–Crippen MR) is 62.7 cm³/mol. The molecule has 1 heterocycles. The Morgan fingerprint density at radius 3 is 2.76 bits per heavy atom. The summed E-state index contributed by atoms with van der Waals surface area (Å²) in [4.78, 5) is 24.9. The first-order chi connectivity index (χ1) is 8.15. The fourth-order valence-corrected chi connectivity index (χ4v) is 1.87. The van der Waals surface area contributed by atoms with Crippen molar-refractivity contribution in [2.45, 2.75) is 18.9 Å². The number of rotatable bonds is 2. The molecule has 17 heavy (non-hydrogen) atoms. The van der Waals surface area contributed by atoms with Gasteiger partial charge in [0.1, 0.15) is 5.75 Å². The molecule has 2 amide bonds. The van der Waals surface area contributed by atoms with E-state index in [1.807, 2.05) is 0 Å². The van der Waals surface area contributed by atoms with E-state index in [1.54, 1.807) is 24.3 Å². The first-order valence-electron chi connectivity index (χ1n) is 5.40. The van der Waals surface area contributed by atoms with Gasteiger partial charge in [-0.1, -0.05) is 12.1 Å². The summed E-state index contributed by atoms with van der Waals surface area (Å²) in [7, 11) is 1.50. The van der Waals surface area contributed by atoms with Crippen LogP contribution >= 0.6 is 0 Å². The number of ether oxygens (including phenoxy) is 1. The van der Waals surface area contributed by atoms with Gasteiger partial charge in [0.25, 0.3) is 5.91 Å². The second-order valence-electron chi connectivity index (χ2n) is 3.88. The number of carbonyl (C=O) groups excluding carboxylic acids is 2. The molecule has 1 atom stereocenters. The number of benzene rings is 1. The molecule has 0 aliphatic carbocycles. The van der Waals surface area contributed by atoms with E-state index in [0.29, 0.717) is 17.9 Å². The summed E-state index contributed by atoms with van der Waals surface area (Å²) in [6.45, 7) is 0. The second kappa shape index (κ2) is 4.55. The molecule has 1 saturated heterocycles. The van der Waals surface area contributed by atoms with Crippen molar-refractivity contribution in [3.8, 4) is 5.75 Å². The maximum absolute atomic E-state index is 11.9. The molecule has 5 heteroatoms. The van der Waals surface area contributed by atoms with Crippen LogP contribution in [0.15, 0.2) is 24.3 Å². The highest BCUT2D eigenvalue weighted by Crippen LogP contribution is 2.30. The molecule has 1 aromatic rings. The maximum Gasteiger partial charge on any atom is 0.250 e. The number of para-hydroxylation sites is 2. The number of imide groups is 1. The molecule has 0 saturated carbocycles. The zero-order chi connectivity index (χ0) is 12.4. The summed E-state index contributed by atoms with van der Waals surface area (Å²) in [5, 5.41) is 0. The molecule has 0 bridgehead atoms. The number of piperidine rings is 1. The summed E-state index contributed by atoms with van der Waals surface area (Å²) >= 11 is 0. The molecule has 2 N–H and O–H groups in total. The molecular formula is C12H14N2O3. The molecule has 2 rings (SSSR count). The highest BCUT2D eigenvalue weighted by atomic mass is 16.5. The number of hydrogen-bond acceptors (Lipinski definition) is 4. The van der Waals surface area contributed by atoms with Crippen molar-refractivity contribution in [3.05, 3.63) is 24.3 Å². The molecule has 1 fully saturated rings. The van der Waals surface area contributed by atoms with Crippen molar-refractivity contribution < 1.29 is 14.3 Å². The molecule has 1 aromatic carbocycles. The van der Waals surface area contributed by atoms with Gasteiger partial charge in [-0.15, -0.1) is 0 Å². The van der Waals surface area contributed by atoms with E-state index >= 15 is 0 Å². The fraction of sp³-hybridized carbons (Fsp3) is 0.333. The molecule has 0 spiro atoms. The predicted octanol–water partition coefficient (Wildman–Crippen LogP) is 0.676.